The Morgan fingerprint density at radius 2 is 1.91 bits per heavy atom. The number of fused-ring (bicyclic) bond motifs is 1. The molecule has 192 valence electrons. The maximum Gasteiger partial charge on any atom is 0.240 e. The zero-order chi connectivity index (χ0) is 24.4. The number of aliphatic hydroxyl groups is 3. The Bertz CT molecular complexity index is 656. The largest absolute Gasteiger partial charge is 0.388 e. The second-order valence-corrected chi connectivity index (χ2v) is 12.0. The van der Waals surface area contributed by atoms with Crippen molar-refractivity contribution in [3.05, 3.63) is 0 Å². The Balaban J connectivity index is 1.72. The number of halogens is 1. The van der Waals surface area contributed by atoms with Gasteiger partial charge in [-0.1, -0.05) is 13.8 Å². The molecule has 0 radical (unpaired) electrons. The van der Waals surface area contributed by atoms with Gasteiger partial charge in [-0.3, -0.25) is 9.69 Å². The molecule has 1 amide bonds. The average Bonchev–Trinajstić information content (AvgIpc) is 2.92. The van der Waals surface area contributed by atoms with Crippen molar-refractivity contribution < 1.29 is 29.6 Å². The normalized spacial score (nSPS) is 41.9. The highest BCUT2D eigenvalue weighted by molar-refractivity contribution is 7.99. The van der Waals surface area contributed by atoms with E-state index in [1.807, 2.05) is 11.9 Å². The van der Waals surface area contributed by atoms with Crippen LogP contribution in [0, 0.1) is 17.8 Å². The molecule has 0 spiro atoms. The fourth-order valence-corrected chi connectivity index (χ4v) is 6.64. The van der Waals surface area contributed by atoms with Crippen molar-refractivity contribution in [1.82, 2.24) is 10.2 Å². The number of ether oxygens (including phenoxy) is 2. The Labute approximate surface area is 206 Å². The van der Waals surface area contributed by atoms with Crippen LogP contribution in [0.15, 0.2) is 0 Å². The van der Waals surface area contributed by atoms with E-state index in [0.717, 1.165) is 19.4 Å². The number of hydrogen-bond donors (Lipinski definition) is 4. The maximum atomic E-state index is 13.5. The van der Waals surface area contributed by atoms with Gasteiger partial charge in [0.15, 0.2) is 0 Å². The van der Waals surface area contributed by atoms with Crippen molar-refractivity contribution in [3.8, 4) is 0 Å². The zero-order valence-corrected chi connectivity index (χ0v) is 21.8. The number of aliphatic hydroxyl groups excluding tert-OH is 3. The summed E-state index contributed by atoms with van der Waals surface area (Å²) >= 11 is 7.67. The molecule has 4 N–H and O–H groups in total. The van der Waals surface area contributed by atoms with Crippen molar-refractivity contribution in [3.63, 3.8) is 0 Å². The van der Waals surface area contributed by atoms with Crippen molar-refractivity contribution in [1.29, 1.82) is 0 Å². The fourth-order valence-electron chi connectivity index (χ4n) is 5.75. The topological polar surface area (TPSA) is 111 Å². The van der Waals surface area contributed by atoms with Gasteiger partial charge in [0.1, 0.15) is 35.9 Å². The lowest BCUT2D eigenvalue weighted by Gasteiger charge is -2.44. The average molecular weight is 509 g/mol. The van der Waals surface area contributed by atoms with Crippen LogP contribution in [0.5, 0.6) is 0 Å². The van der Waals surface area contributed by atoms with Gasteiger partial charge in [0.25, 0.3) is 0 Å². The first-order valence-electron chi connectivity index (χ1n) is 12.0. The third-order valence-electron chi connectivity index (χ3n) is 7.32. The van der Waals surface area contributed by atoms with Crippen molar-refractivity contribution in [2.75, 3.05) is 26.5 Å². The van der Waals surface area contributed by atoms with Crippen molar-refractivity contribution in [2.24, 2.45) is 17.8 Å². The van der Waals surface area contributed by atoms with Crippen LogP contribution < -0.4 is 5.32 Å². The van der Waals surface area contributed by atoms with Crippen LogP contribution in [0.3, 0.4) is 0 Å². The molecule has 0 aromatic heterocycles. The van der Waals surface area contributed by atoms with Gasteiger partial charge >= 0.3 is 0 Å². The van der Waals surface area contributed by atoms with Crippen LogP contribution >= 0.6 is 23.4 Å². The van der Waals surface area contributed by atoms with Crippen LogP contribution in [-0.2, 0) is 14.3 Å². The summed E-state index contributed by atoms with van der Waals surface area (Å²) in [5.41, 5.74) is -0.732. The maximum absolute atomic E-state index is 13.5. The molecule has 0 saturated carbocycles. The number of likely N-dealkylation sites (N-methyl/N-ethyl adjacent to an activating group) is 1. The molecule has 3 aliphatic heterocycles. The molecule has 2 unspecified atom stereocenters. The molecular weight excluding hydrogens is 468 g/mol. The second-order valence-electron chi connectivity index (χ2n) is 10.4. The van der Waals surface area contributed by atoms with E-state index >= 15 is 0 Å². The van der Waals surface area contributed by atoms with E-state index in [1.165, 1.54) is 18.2 Å². The van der Waals surface area contributed by atoms with Gasteiger partial charge in [0, 0.05) is 19.1 Å². The molecule has 3 rings (SSSR count). The fraction of sp³-hybridized carbons (Fsp3) is 0.957. The Hall–Kier alpha value is -0.130. The van der Waals surface area contributed by atoms with E-state index in [4.69, 9.17) is 21.1 Å². The van der Waals surface area contributed by atoms with Crippen LogP contribution in [0.1, 0.15) is 40.0 Å². The number of nitrogens with one attached hydrogen (secondary N) is 1. The Morgan fingerprint density at radius 1 is 1.21 bits per heavy atom. The molecule has 8 nitrogen and oxygen atoms in total. The lowest BCUT2D eigenvalue weighted by atomic mass is 9.85. The summed E-state index contributed by atoms with van der Waals surface area (Å²) in [6.07, 6.45) is -0.163. The number of nitrogens with zero attached hydrogens (tertiary/aromatic N) is 1. The van der Waals surface area contributed by atoms with Gasteiger partial charge in [-0.15, -0.1) is 23.4 Å². The quantitative estimate of drug-likeness (QED) is 0.377. The Kier molecular flexibility index (Phi) is 9.77. The number of thioether (sulfide) groups is 1. The summed E-state index contributed by atoms with van der Waals surface area (Å²) in [7, 11) is 1.94. The summed E-state index contributed by atoms with van der Waals surface area (Å²) in [5.74, 6) is 1.31. The first-order valence-corrected chi connectivity index (χ1v) is 13.8. The number of alkyl halides is 1. The van der Waals surface area contributed by atoms with Gasteiger partial charge < -0.3 is 30.1 Å². The molecule has 0 bridgehead atoms. The van der Waals surface area contributed by atoms with E-state index in [0.29, 0.717) is 24.4 Å². The molecule has 10 heteroatoms. The smallest absolute Gasteiger partial charge is 0.240 e. The molecule has 33 heavy (non-hydrogen) atoms. The van der Waals surface area contributed by atoms with Gasteiger partial charge in [-0.2, -0.15) is 0 Å². The van der Waals surface area contributed by atoms with E-state index in [2.05, 4.69) is 19.2 Å². The minimum atomic E-state index is -1.39. The van der Waals surface area contributed by atoms with Crippen molar-refractivity contribution >= 4 is 29.3 Å². The highest BCUT2D eigenvalue weighted by Crippen LogP contribution is 2.37. The lowest BCUT2D eigenvalue weighted by molar-refractivity contribution is -0.205. The minimum absolute atomic E-state index is 0.193. The molecule has 11 atom stereocenters. The first kappa shape index (κ1) is 27.5. The van der Waals surface area contributed by atoms with Gasteiger partial charge in [-0.05, 0) is 51.3 Å². The lowest BCUT2D eigenvalue weighted by Crippen LogP contribution is -2.65. The molecule has 0 aromatic rings. The predicted molar refractivity (Wildman–Crippen MR) is 129 cm³/mol. The summed E-state index contributed by atoms with van der Waals surface area (Å²) in [5, 5.41) is 33.5. The standard InChI is InChI=1S/C23H41ClN2O6S/c1-11(2)8-13-6-7-31-20-14(9-13)10-26(4)16(20)22(30)25-15(12(3)24)21-18(28)17(27)19(29)23(32-21)33-5/h11-21,23,27-29H,6-10H2,1-5H3,(H,25,30)/t12-,13+,14-,15+,16-,17+,18?,19+,20+,21+,23?/m0/s1. The number of likely N-dealkylation sites (tertiary alicyclic amines) is 1. The van der Waals surface area contributed by atoms with Crippen LogP contribution in [0.2, 0.25) is 0 Å². The number of carbonyl (C=O) groups excluding carboxylic acids is 1. The molecular formula is C23H41ClN2O6S. The highest BCUT2D eigenvalue weighted by Gasteiger charge is 2.50. The third kappa shape index (κ3) is 6.17. The number of rotatable bonds is 7. The van der Waals surface area contributed by atoms with E-state index in [-0.39, 0.29) is 12.0 Å². The molecule has 0 aromatic carbocycles. The monoisotopic (exact) mass is 508 g/mol. The summed E-state index contributed by atoms with van der Waals surface area (Å²) < 4.78 is 12.1. The number of amides is 1. The minimum Gasteiger partial charge on any atom is -0.388 e. The highest BCUT2D eigenvalue weighted by atomic mass is 35.5. The van der Waals surface area contributed by atoms with Gasteiger partial charge in [0.05, 0.1) is 17.5 Å². The zero-order valence-electron chi connectivity index (χ0n) is 20.3. The summed E-state index contributed by atoms with van der Waals surface area (Å²) in [6.45, 7) is 7.64. The van der Waals surface area contributed by atoms with E-state index in [1.54, 1.807) is 13.2 Å². The first-order chi connectivity index (χ1) is 15.5. The number of carbonyl (C=O) groups is 1. The molecule has 3 saturated heterocycles. The summed E-state index contributed by atoms with van der Waals surface area (Å²) in [6, 6.07) is -1.21. The number of hydrogen-bond acceptors (Lipinski definition) is 8. The molecule has 3 fully saturated rings. The van der Waals surface area contributed by atoms with Crippen LogP contribution in [0.25, 0.3) is 0 Å². The van der Waals surface area contributed by atoms with Crippen LogP contribution in [-0.4, -0.2) is 106 Å². The Morgan fingerprint density at radius 3 is 2.52 bits per heavy atom. The molecule has 3 heterocycles. The third-order valence-corrected chi connectivity index (χ3v) is 8.44. The van der Waals surface area contributed by atoms with Crippen LogP contribution in [0.4, 0.5) is 0 Å². The van der Waals surface area contributed by atoms with Crippen molar-refractivity contribution in [2.45, 2.75) is 93.5 Å². The van der Waals surface area contributed by atoms with E-state index in [9.17, 15) is 20.1 Å². The van der Waals surface area contributed by atoms with Gasteiger partial charge in [0.2, 0.25) is 5.91 Å². The van der Waals surface area contributed by atoms with E-state index < -0.39 is 47.3 Å². The summed E-state index contributed by atoms with van der Waals surface area (Å²) in [4.78, 5) is 15.5. The molecule has 0 aliphatic carbocycles. The van der Waals surface area contributed by atoms with Gasteiger partial charge in [-0.25, -0.2) is 0 Å². The second kappa shape index (κ2) is 11.7. The predicted octanol–water partition coefficient (Wildman–Crippen LogP) is 1.04. The SMILES string of the molecule is CSC1O[C@H]([C@H](NC(=O)[C@@H]2[C@@H]3OCC[C@H](CC(C)C)C[C@H]3CN2C)[C@H](C)Cl)C(O)[C@@H](O)[C@H]1O. The molecule has 3 aliphatic rings.